The number of thioether (sulfide) groups is 1. The number of carbonyl (C=O) groups excluding carboxylic acids is 2. The molecule has 0 bridgehead atoms. The third-order valence-corrected chi connectivity index (χ3v) is 6.50. The zero-order chi connectivity index (χ0) is 23.5. The maximum atomic E-state index is 13.1. The molecule has 0 N–H and O–H groups in total. The minimum Gasteiger partial charge on any atom is -0.488 e. The molecule has 4 aromatic carbocycles. The van der Waals surface area contributed by atoms with Crippen LogP contribution in [0, 0.1) is 5.82 Å². The van der Waals surface area contributed by atoms with Crippen molar-refractivity contribution in [2.45, 2.75) is 13.2 Å². The van der Waals surface area contributed by atoms with Gasteiger partial charge in [0.1, 0.15) is 18.2 Å². The molecule has 0 unspecified atom stereocenters. The van der Waals surface area contributed by atoms with Gasteiger partial charge in [-0.3, -0.25) is 14.5 Å². The van der Waals surface area contributed by atoms with Crippen LogP contribution >= 0.6 is 11.8 Å². The Labute approximate surface area is 200 Å². The molecule has 0 saturated carbocycles. The van der Waals surface area contributed by atoms with Crippen molar-refractivity contribution >= 4 is 39.8 Å². The van der Waals surface area contributed by atoms with Crippen molar-refractivity contribution in [1.82, 2.24) is 4.90 Å². The van der Waals surface area contributed by atoms with Crippen LogP contribution in [0.1, 0.15) is 16.7 Å². The van der Waals surface area contributed by atoms with Gasteiger partial charge in [-0.1, -0.05) is 72.8 Å². The average Bonchev–Trinajstić information content (AvgIpc) is 3.12. The monoisotopic (exact) mass is 469 g/mol. The van der Waals surface area contributed by atoms with Gasteiger partial charge in [0.2, 0.25) is 0 Å². The summed E-state index contributed by atoms with van der Waals surface area (Å²) in [4.78, 5) is 27.5. The molecule has 0 radical (unpaired) electrons. The van der Waals surface area contributed by atoms with Crippen LogP contribution in [0.25, 0.3) is 16.8 Å². The minimum absolute atomic E-state index is 0.214. The number of ether oxygens (including phenoxy) is 1. The summed E-state index contributed by atoms with van der Waals surface area (Å²) in [6.45, 7) is 0.472. The van der Waals surface area contributed by atoms with E-state index in [1.807, 2.05) is 60.7 Å². The van der Waals surface area contributed by atoms with Crippen LogP contribution < -0.4 is 4.74 Å². The van der Waals surface area contributed by atoms with Crippen molar-refractivity contribution in [3.05, 3.63) is 118 Å². The van der Waals surface area contributed by atoms with Crippen molar-refractivity contribution < 1.29 is 18.7 Å². The first-order valence-corrected chi connectivity index (χ1v) is 11.6. The largest absolute Gasteiger partial charge is 0.488 e. The summed E-state index contributed by atoms with van der Waals surface area (Å²) in [5.74, 6) is -0.0488. The predicted molar refractivity (Wildman–Crippen MR) is 133 cm³/mol. The molecule has 1 fully saturated rings. The molecule has 34 heavy (non-hydrogen) atoms. The number of amides is 2. The molecule has 1 heterocycles. The zero-order valence-electron chi connectivity index (χ0n) is 18.1. The fraction of sp³-hybridized carbons (Fsp3) is 0.0714. The van der Waals surface area contributed by atoms with Gasteiger partial charge in [-0.15, -0.1) is 0 Å². The Kier molecular flexibility index (Phi) is 6.14. The SMILES string of the molecule is O=C1S/C(=C/c2ccccc2OCc2ccc(F)cc2)C(=O)N1Cc1cccc2ccccc12. The van der Waals surface area contributed by atoms with Gasteiger partial charge in [0.05, 0.1) is 11.4 Å². The van der Waals surface area contributed by atoms with Crippen molar-refractivity contribution in [3.8, 4) is 5.75 Å². The number of nitrogens with zero attached hydrogens (tertiary/aromatic N) is 1. The highest BCUT2D eigenvalue weighted by Crippen LogP contribution is 2.35. The van der Waals surface area contributed by atoms with Gasteiger partial charge in [0.15, 0.2) is 0 Å². The predicted octanol–water partition coefficient (Wildman–Crippen LogP) is 6.79. The van der Waals surface area contributed by atoms with Gasteiger partial charge in [-0.05, 0) is 57.9 Å². The first-order chi connectivity index (χ1) is 16.6. The van der Waals surface area contributed by atoms with Crippen LogP contribution in [-0.2, 0) is 17.9 Å². The van der Waals surface area contributed by atoms with E-state index in [4.69, 9.17) is 4.74 Å². The number of fused-ring (bicyclic) bond motifs is 1. The summed E-state index contributed by atoms with van der Waals surface area (Å²) in [7, 11) is 0. The third kappa shape index (κ3) is 4.58. The maximum absolute atomic E-state index is 13.1. The number of rotatable bonds is 6. The van der Waals surface area contributed by atoms with Gasteiger partial charge in [-0.25, -0.2) is 4.39 Å². The van der Waals surface area contributed by atoms with E-state index >= 15 is 0 Å². The number of benzene rings is 4. The Bertz CT molecular complexity index is 1410. The Hall–Kier alpha value is -3.90. The van der Waals surface area contributed by atoms with E-state index in [0.717, 1.165) is 33.7 Å². The molecule has 0 aliphatic carbocycles. The summed E-state index contributed by atoms with van der Waals surface area (Å²) in [6, 6.07) is 27.2. The molecule has 0 spiro atoms. The molecule has 4 nitrogen and oxygen atoms in total. The highest BCUT2D eigenvalue weighted by atomic mass is 32.2. The van der Waals surface area contributed by atoms with E-state index in [0.29, 0.717) is 16.2 Å². The van der Waals surface area contributed by atoms with Crippen molar-refractivity contribution in [2.24, 2.45) is 0 Å². The molecule has 1 saturated heterocycles. The van der Waals surface area contributed by atoms with Crippen molar-refractivity contribution in [3.63, 3.8) is 0 Å². The van der Waals surface area contributed by atoms with E-state index in [2.05, 4.69) is 0 Å². The van der Waals surface area contributed by atoms with Crippen LogP contribution in [0.2, 0.25) is 0 Å². The highest BCUT2D eigenvalue weighted by Gasteiger charge is 2.35. The number of hydrogen-bond donors (Lipinski definition) is 0. The minimum atomic E-state index is -0.323. The Balaban J connectivity index is 1.36. The van der Waals surface area contributed by atoms with Gasteiger partial charge >= 0.3 is 0 Å². The van der Waals surface area contributed by atoms with Crippen LogP contribution in [0.3, 0.4) is 0 Å². The summed E-state index contributed by atoms with van der Waals surface area (Å²) < 4.78 is 19.1. The summed E-state index contributed by atoms with van der Waals surface area (Å²) >= 11 is 0.927. The molecular weight excluding hydrogens is 449 g/mol. The zero-order valence-corrected chi connectivity index (χ0v) is 18.9. The normalized spacial score (nSPS) is 14.9. The maximum Gasteiger partial charge on any atom is 0.293 e. The van der Waals surface area contributed by atoms with Crippen LogP contribution in [-0.4, -0.2) is 16.0 Å². The Morgan fingerprint density at radius 2 is 1.59 bits per heavy atom. The van der Waals surface area contributed by atoms with E-state index in [9.17, 15) is 14.0 Å². The second-order valence-corrected chi connectivity index (χ2v) is 8.85. The van der Waals surface area contributed by atoms with Crippen LogP contribution in [0.4, 0.5) is 9.18 Å². The van der Waals surface area contributed by atoms with Crippen molar-refractivity contribution in [2.75, 3.05) is 0 Å². The smallest absolute Gasteiger partial charge is 0.293 e. The number of hydrogen-bond acceptors (Lipinski definition) is 4. The molecule has 0 aromatic heterocycles. The Morgan fingerprint density at radius 3 is 2.44 bits per heavy atom. The van der Waals surface area contributed by atoms with Gasteiger partial charge in [-0.2, -0.15) is 0 Å². The van der Waals surface area contributed by atoms with Gasteiger partial charge in [0, 0.05) is 5.56 Å². The van der Waals surface area contributed by atoms with Crippen LogP contribution in [0.5, 0.6) is 5.75 Å². The molecule has 2 amide bonds. The lowest BCUT2D eigenvalue weighted by Gasteiger charge is -2.14. The fourth-order valence-electron chi connectivity index (χ4n) is 3.85. The van der Waals surface area contributed by atoms with Gasteiger partial charge < -0.3 is 4.74 Å². The second kappa shape index (κ2) is 9.53. The number of carbonyl (C=O) groups is 2. The highest BCUT2D eigenvalue weighted by molar-refractivity contribution is 8.18. The standard InChI is InChI=1S/C28H20FNO3S/c29-23-14-12-19(13-15-23)18-33-25-11-4-2-7-21(25)16-26-27(31)30(28(32)34-26)17-22-9-5-8-20-6-1-3-10-24(20)22/h1-16H,17-18H2/b26-16+. The van der Waals surface area contributed by atoms with Crippen LogP contribution in [0.15, 0.2) is 95.9 Å². The molecule has 6 heteroatoms. The molecule has 168 valence electrons. The fourth-order valence-corrected chi connectivity index (χ4v) is 4.68. The molecule has 1 aliphatic heterocycles. The summed E-state index contributed by atoms with van der Waals surface area (Å²) in [5.41, 5.74) is 2.44. The molecule has 5 rings (SSSR count). The van der Waals surface area contributed by atoms with Gasteiger partial charge in [0.25, 0.3) is 11.1 Å². The van der Waals surface area contributed by atoms with E-state index in [1.165, 1.54) is 17.0 Å². The number of imide groups is 1. The summed E-state index contributed by atoms with van der Waals surface area (Å²) in [5, 5.41) is 1.79. The number of halogens is 1. The third-order valence-electron chi connectivity index (χ3n) is 5.60. The lowest BCUT2D eigenvalue weighted by atomic mass is 10.0. The first-order valence-electron chi connectivity index (χ1n) is 10.8. The molecule has 0 atom stereocenters. The molecule has 1 aliphatic rings. The van der Waals surface area contributed by atoms with E-state index < -0.39 is 0 Å². The number of para-hydroxylation sites is 1. The molecular formula is C28H20FNO3S. The molecule has 4 aromatic rings. The quantitative estimate of drug-likeness (QED) is 0.292. The lowest BCUT2D eigenvalue weighted by molar-refractivity contribution is -0.123. The summed E-state index contributed by atoms with van der Waals surface area (Å²) in [6.07, 6.45) is 1.69. The van der Waals surface area contributed by atoms with Crippen molar-refractivity contribution in [1.29, 1.82) is 0 Å². The Morgan fingerprint density at radius 1 is 0.853 bits per heavy atom. The lowest BCUT2D eigenvalue weighted by Crippen LogP contribution is -2.27. The first kappa shape index (κ1) is 21.9. The topological polar surface area (TPSA) is 46.6 Å². The second-order valence-electron chi connectivity index (χ2n) is 7.86. The van der Waals surface area contributed by atoms with E-state index in [-0.39, 0.29) is 30.1 Å². The van der Waals surface area contributed by atoms with E-state index in [1.54, 1.807) is 24.3 Å². The average molecular weight is 470 g/mol.